The number of pyridine rings is 1. The zero-order chi connectivity index (χ0) is 35.1. The molecule has 5 heteroatoms. The molecule has 0 atom stereocenters. The van der Waals surface area contributed by atoms with Crippen molar-refractivity contribution in [3.63, 3.8) is 0 Å². The lowest BCUT2D eigenvalue weighted by molar-refractivity contribution is 0.620. The van der Waals surface area contributed by atoms with E-state index in [-0.39, 0.29) is 0 Å². The lowest BCUT2D eigenvalue weighted by Crippen LogP contribution is -1.95. The van der Waals surface area contributed by atoms with Gasteiger partial charge in [-0.2, -0.15) is 0 Å². The zero-order valence-corrected chi connectivity index (χ0v) is 28.5. The number of hydrogen-bond donors (Lipinski definition) is 0. The molecule has 0 saturated heterocycles. The molecule has 0 aliphatic rings. The fraction of sp³-hybridized carbons (Fsp3) is 0. The van der Waals surface area contributed by atoms with Crippen LogP contribution in [0.1, 0.15) is 0 Å². The number of aromatic nitrogens is 4. The first-order valence-electron chi connectivity index (χ1n) is 17.6. The van der Waals surface area contributed by atoms with Crippen LogP contribution in [0.3, 0.4) is 0 Å². The Bertz CT molecular complexity index is 2850. The molecule has 3 heterocycles. The summed E-state index contributed by atoms with van der Waals surface area (Å²) in [5, 5.41) is 3.11. The average Bonchev–Trinajstić information content (AvgIpc) is 3.69. The molecule has 3 aromatic heterocycles. The van der Waals surface area contributed by atoms with E-state index in [1.807, 2.05) is 84.9 Å². The molecular weight excluding hydrogens is 649 g/mol. The smallest absolute Gasteiger partial charge is 0.227 e. The maximum atomic E-state index is 6.46. The zero-order valence-electron chi connectivity index (χ0n) is 28.5. The second-order valence-corrected chi connectivity index (χ2v) is 13.0. The van der Waals surface area contributed by atoms with Crippen molar-refractivity contribution in [1.82, 2.24) is 19.9 Å². The Morgan fingerprint density at radius 2 is 0.887 bits per heavy atom. The Kier molecular flexibility index (Phi) is 7.40. The minimum atomic E-state index is 0.561. The molecule has 0 unspecified atom stereocenters. The van der Waals surface area contributed by atoms with Crippen LogP contribution in [-0.2, 0) is 0 Å². The van der Waals surface area contributed by atoms with Gasteiger partial charge in [0.2, 0.25) is 5.89 Å². The quantitative estimate of drug-likeness (QED) is 0.164. The molecule has 0 spiro atoms. The first kappa shape index (κ1) is 30.6. The summed E-state index contributed by atoms with van der Waals surface area (Å²) in [7, 11) is 0. The van der Waals surface area contributed by atoms with Gasteiger partial charge in [0, 0.05) is 44.0 Å². The summed E-state index contributed by atoms with van der Waals surface area (Å²) in [6.07, 6.45) is 0. The van der Waals surface area contributed by atoms with Crippen molar-refractivity contribution < 1.29 is 4.42 Å². The van der Waals surface area contributed by atoms with E-state index in [1.54, 1.807) is 0 Å². The SMILES string of the molecule is c1ccc(-c2ccc(-c3nc4ccccc4c4c3ccc3oc(-c5ccc(-c6cc(-c7ccccc7)nc(-c7ccccc7)n6)cc5)nc34)cc2)cc1. The van der Waals surface area contributed by atoms with E-state index in [4.69, 9.17) is 24.4 Å². The van der Waals surface area contributed by atoms with Gasteiger partial charge >= 0.3 is 0 Å². The lowest BCUT2D eigenvalue weighted by atomic mass is 9.97. The van der Waals surface area contributed by atoms with Gasteiger partial charge in [0.25, 0.3) is 0 Å². The van der Waals surface area contributed by atoms with Crippen molar-refractivity contribution >= 4 is 32.8 Å². The summed E-state index contributed by atoms with van der Waals surface area (Å²) in [6.45, 7) is 0. The van der Waals surface area contributed by atoms with Gasteiger partial charge in [0.05, 0.1) is 22.6 Å². The van der Waals surface area contributed by atoms with Gasteiger partial charge < -0.3 is 4.42 Å². The van der Waals surface area contributed by atoms with Crippen molar-refractivity contribution in [2.75, 3.05) is 0 Å². The van der Waals surface area contributed by atoms with E-state index >= 15 is 0 Å². The second-order valence-electron chi connectivity index (χ2n) is 13.0. The van der Waals surface area contributed by atoms with Gasteiger partial charge in [-0.25, -0.2) is 19.9 Å². The summed E-state index contributed by atoms with van der Waals surface area (Å²) >= 11 is 0. The number of fused-ring (bicyclic) bond motifs is 5. The predicted molar refractivity (Wildman–Crippen MR) is 215 cm³/mol. The number of benzene rings is 7. The highest BCUT2D eigenvalue weighted by atomic mass is 16.3. The lowest BCUT2D eigenvalue weighted by Gasteiger charge is -2.11. The number of para-hydroxylation sites is 1. The molecule has 7 aromatic carbocycles. The maximum absolute atomic E-state index is 6.46. The molecule has 0 amide bonds. The summed E-state index contributed by atoms with van der Waals surface area (Å²) in [5.41, 5.74) is 12.4. The molecule has 0 fully saturated rings. The Morgan fingerprint density at radius 1 is 0.358 bits per heavy atom. The molecule has 0 aliphatic carbocycles. The third-order valence-electron chi connectivity index (χ3n) is 9.74. The van der Waals surface area contributed by atoms with E-state index in [9.17, 15) is 0 Å². The van der Waals surface area contributed by atoms with Gasteiger partial charge in [0.15, 0.2) is 11.4 Å². The molecular formula is C48H30N4O. The topological polar surface area (TPSA) is 64.7 Å². The Labute approximate surface area is 305 Å². The third kappa shape index (κ3) is 5.61. The number of rotatable bonds is 6. The van der Waals surface area contributed by atoms with Crippen molar-refractivity contribution in [2.45, 2.75) is 0 Å². The minimum Gasteiger partial charge on any atom is -0.436 e. The highest BCUT2D eigenvalue weighted by molar-refractivity contribution is 6.20. The van der Waals surface area contributed by atoms with Crippen molar-refractivity contribution in [2.24, 2.45) is 0 Å². The standard InChI is InChI=1S/C48H30N4O/c1-4-12-31(13-5-1)32-20-24-35(25-21-32)45-39-28-29-43-46(44(39)38-18-10-11-19-40(38)49-45)52-48(53-43)37-26-22-34(23-27-37)42-30-41(33-14-6-2-7-15-33)50-47(51-42)36-16-8-3-9-17-36/h1-30H. The van der Waals surface area contributed by atoms with Crippen molar-refractivity contribution in [3.05, 3.63) is 182 Å². The normalized spacial score (nSPS) is 11.4. The van der Waals surface area contributed by atoms with Crippen LogP contribution in [0.15, 0.2) is 186 Å². The van der Waals surface area contributed by atoms with Gasteiger partial charge in [0.1, 0.15) is 5.52 Å². The summed E-state index contributed by atoms with van der Waals surface area (Å²) in [4.78, 5) is 20.2. The summed E-state index contributed by atoms with van der Waals surface area (Å²) in [5.74, 6) is 1.25. The van der Waals surface area contributed by atoms with E-state index in [1.165, 1.54) is 11.1 Å². The monoisotopic (exact) mass is 678 g/mol. The molecule has 5 nitrogen and oxygen atoms in total. The van der Waals surface area contributed by atoms with E-state index in [0.29, 0.717) is 11.7 Å². The summed E-state index contributed by atoms with van der Waals surface area (Å²) in [6, 6.07) is 62.1. The van der Waals surface area contributed by atoms with Crippen LogP contribution in [0.4, 0.5) is 0 Å². The summed E-state index contributed by atoms with van der Waals surface area (Å²) < 4.78 is 6.46. The van der Waals surface area contributed by atoms with Crippen LogP contribution in [0.25, 0.3) is 101 Å². The van der Waals surface area contributed by atoms with Crippen LogP contribution in [0.5, 0.6) is 0 Å². The molecule has 53 heavy (non-hydrogen) atoms. The average molecular weight is 679 g/mol. The van der Waals surface area contributed by atoms with Crippen LogP contribution in [0, 0.1) is 0 Å². The molecule has 0 radical (unpaired) electrons. The van der Waals surface area contributed by atoms with E-state index in [2.05, 4.69) is 97.1 Å². The largest absolute Gasteiger partial charge is 0.436 e. The number of oxazole rings is 1. The van der Waals surface area contributed by atoms with E-state index < -0.39 is 0 Å². The molecule has 0 N–H and O–H groups in total. The molecule has 0 bridgehead atoms. The number of hydrogen-bond acceptors (Lipinski definition) is 5. The maximum Gasteiger partial charge on any atom is 0.227 e. The first-order valence-corrected chi connectivity index (χ1v) is 17.6. The Morgan fingerprint density at radius 3 is 1.58 bits per heavy atom. The Hall–Kier alpha value is -7.24. The first-order chi connectivity index (χ1) is 26.2. The van der Waals surface area contributed by atoms with Gasteiger partial charge in [-0.15, -0.1) is 0 Å². The van der Waals surface area contributed by atoms with Gasteiger partial charge in [-0.1, -0.05) is 146 Å². The van der Waals surface area contributed by atoms with Crippen LogP contribution in [-0.4, -0.2) is 19.9 Å². The highest BCUT2D eigenvalue weighted by Gasteiger charge is 2.18. The van der Waals surface area contributed by atoms with Crippen LogP contribution < -0.4 is 0 Å². The van der Waals surface area contributed by atoms with Crippen LogP contribution in [0.2, 0.25) is 0 Å². The molecule has 248 valence electrons. The fourth-order valence-corrected chi connectivity index (χ4v) is 7.07. The Balaban J connectivity index is 1.06. The third-order valence-corrected chi connectivity index (χ3v) is 9.74. The van der Waals surface area contributed by atoms with Crippen molar-refractivity contribution in [3.8, 4) is 67.7 Å². The predicted octanol–water partition coefficient (Wildman–Crippen LogP) is 12.3. The van der Waals surface area contributed by atoms with Crippen molar-refractivity contribution in [1.29, 1.82) is 0 Å². The van der Waals surface area contributed by atoms with E-state index in [0.717, 1.165) is 77.7 Å². The molecule has 10 aromatic rings. The molecule has 10 rings (SSSR count). The molecule has 0 aliphatic heterocycles. The fourth-order valence-electron chi connectivity index (χ4n) is 7.07. The minimum absolute atomic E-state index is 0.561. The van der Waals surface area contributed by atoms with Gasteiger partial charge in [-0.3, -0.25) is 0 Å². The van der Waals surface area contributed by atoms with Gasteiger partial charge in [-0.05, 0) is 47.5 Å². The van der Waals surface area contributed by atoms with Crippen LogP contribution >= 0.6 is 0 Å². The highest BCUT2D eigenvalue weighted by Crippen LogP contribution is 2.39. The number of nitrogens with zero attached hydrogens (tertiary/aromatic N) is 4. The molecule has 0 saturated carbocycles. The second kappa shape index (κ2) is 12.8.